The minimum atomic E-state index is -0.275. The zero-order chi connectivity index (χ0) is 19.4. The molecule has 144 valence electrons. The van der Waals surface area contributed by atoms with Crippen LogP contribution in [0.25, 0.3) is 0 Å². The molecular formula is C21H23Cl2FN2O. The summed E-state index contributed by atoms with van der Waals surface area (Å²) in [5.41, 5.74) is 1.84. The first-order valence-corrected chi connectivity index (χ1v) is 9.90. The Morgan fingerprint density at radius 2 is 1.74 bits per heavy atom. The van der Waals surface area contributed by atoms with Crippen molar-refractivity contribution in [2.45, 2.75) is 32.4 Å². The number of nitrogens with one attached hydrogen (secondary N) is 1. The molecule has 3 rings (SSSR count). The molecule has 0 aliphatic carbocycles. The smallest absolute Gasteiger partial charge is 0.223 e. The lowest BCUT2D eigenvalue weighted by molar-refractivity contribution is -0.127. The average molecular weight is 409 g/mol. The van der Waals surface area contributed by atoms with Gasteiger partial charge in [0.1, 0.15) is 5.82 Å². The maximum Gasteiger partial charge on any atom is 0.223 e. The quantitative estimate of drug-likeness (QED) is 0.734. The molecule has 2 aromatic carbocycles. The Bertz CT molecular complexity index is 769. The van der Waals surface area contributed by atoms with Crippen molar-refractivity contribution in [1.29, 1.82) is 0 Å². The first kappa shape index (κ1) is 20.1. The van der Waals surface area contributed by atoms with Crippen molar-refractivity contribution in [3.05, 3.63) is 69.5 Å². The van der Waals surface area contributed by atoms with Gasteiger partial charge in [0.15, 0.2) is 0 Å². The van der Waals surface area contributed by atoms with E-state index in [-0.39, 0.29) is 23.7 Å². The summed E-state index contributed by atoms with van der Waals surface area (Å²) in [4.78, 5) is 14.9. The molecular weight excluding hydrogens is 386 g/mol. The number of benzene rings is 2. The molecule has 0 saturated carbocycles. The van der Waals surface area contributed by atoms with Gasteiger partial charge >= 0.3 is 0 Å². The van der Waals surface area contributed by atoms with E-state index in [0.717, 1.165) is 37.1 Å². The Morgan fingerprint density at radius 3 is 2.33 bits per heavy atom. The molecule has 1 N–H and O–H groups in total. The fourth-order valence-electron chi connectivity index (χ4n) is 3.43. The van der Waals surface area contributed by atoms with Gasteiger partial charge in [0.2, 0.25) is 5.91 Å². The van der Waals surface area contributed by atoms with Gasteiger partial charge in [0.05, 0.1) is 6.04 Å². The van der Waals surface area contributed by atoms with Crippen molar-refractivity contribution in [2.75, 3.05) is 13.1 Å². The summed E-state index contributed by atoms with van der Waals surface area (Å²) in [6.07, 6.45) is 1.59. The van der Waals surface area contributed by atoms with Gasteiger partial charge in [-0.05, 0) is 62.7 Å². The summed E-state index contributed by atoms with van der Waals surface area (Å²) in [6.45, 7) is 4.26. The van der Waals surface area contributed by atoms with Gasteiger partial charge in [-0.3, -0.25) is 9.69 Å². The highest BCUT2D eigenvalue weighted by Gasteiger charge is 2.26. The predicted octanol–water partition coefficient (Wildman–Crippen LogP) is 5.22. The van der Waals surface area contributed by atoms with Crippen LogP contribution in [-0.2, 0) is 11.3 Å². The monoisotopic (exact) mass is 408 g/mol. The Hall–Kier alpha value is -1.62. The number of carbonyl (C=O) groups excluding carboxylic acids is 1. The SMILES string of the molecule is C[C@@H](NC(=O)C1CCN(Cc2c(Cl)cccc2Cl)CC1)c1ccc(F)cc1. The van der Waals surface area contributed by atoms with E-state index in [1.54, 1.807) is 12.1 Å². The summed E-state index contributed by atoms with van der Waals surface area (Å²) >= 11 is 12.5. The van der Waals surface area contributed by atoms with Gasteiger partial charge in [-0.25, -0.2) is 4.39 Å². The lowest BCUT2D eigenvalue weighted by Gasteiger charge is -2.32. The van der Waals surface area contributed by atoms with Crippen LogP contribution in [0.15, 0.2) is 42.5 Å². The van der Waals surface area contributed by atoms with Crippen LogP contribution in [0, 0.1) is 11.7 Å². The molecule has 1 heterocycles. The second-order valence-corrected chi connectivity index (χ2v) is 7.85. The first-order valence-electron chi connectivity index (χ1n) is 9.15. The lowest BCUT2D eigenvalue weighted by atomic mass is 9.95. The fraction of sp³-hybridized carbons (Fsp3) is 0.381. The van der Waals surface area contributed by atoms with Crippen LogP contribution >= 0.6 is 23.2 Å². The highest BCUT2D eigenvalue weighted by molar-refractivity contribution is 6.35. The van der Waals surface area contributed by atoms with Gasteiger partial charge in [0, 0.05) is 28.1 Å². The first-order chi connectivity index (χ1) is 12.9. The van der Waals surface area contributed by atoms with Crippen molar-refractivity contribution in [3.63, 3.8) is 0 Å². The van der Waals surface area contributed by atoms with Gasteiger partial charge in [-0.15, -0.1) is 0 Å². The number of hydrogen-bond donors (Lipinski definition) is 1. The molecule has 0 radical (unpaired) electrons. The average Bonchev–Trinajstić information content (AvgIpc) is 2.66. The lowest BCUT2D eigenvalue weighted by Crippen LogP contribution is -2.41. The minimum absolute atomic E-state index is 0.00846. The Labute approximate surface area is 169 Å². The summed E-state index contributed by atoms with van der Waals surface area (Å²) < 4.78 is 13.0. The molecule has 1 aliphatic heterocycles. The molecule has 0 spiro atoms. The van der Waals surface area contributed by atoms with Crippen LogP contribution in [0.2, 0.25) is 10.0 Å². The van der Waals surface area contributed by atoms with Crippen LogP contribution in [-0.4, -0.2) is 23.9 Å². The molecule has 1 fully saturated rings. The van der Waals surface area contributed by atoms with Crippen molar-refractivity contribution in [3.8, 4) is 0 Å². The van der Waals surface area contributed by atoms with E-state index < -0.39 is 0 Å². The molecule has 3 nitrogen and oxygen atoms in total. The molecule has 6 heteroatoms. The summed E-state index contributed by atoms with van der Waals surface area (Å²) in [7, 11) is 0. The van der Waals surface area contributed by atoms with Gasteiger partial charge in [-0.2, -0.15) is 0 Å². The third-order valence-corrected chi connectivity index (χ3v) is 5.84. The van der Waals surface area contributed by atoms with Crippen LogP contribution in [0.5, 0.6) is 0 Å². The number of hydrogen-bond acceptors (Lipinski definition) is 2. The van der Waals surface area contributed by atoms with Crippen molar-refractivity contribution < 1.29 is 9.18 Å². The Morgan fingerprint density at radius 1 is 1.15 bits per heavy atom. The van der Waals surface area contributed by atoms with Crippen molar-refractivity contribution in [2.24, 2.45) is 5.92 Å². The molecule has 0 aromatic heterocycles. The highest BCUT2D eigenvalue weighted by Crippen LogP contribution is 2.28. The summed E-state index contributed by atoms with van der Waals surface area (Å²) in [5, 5.41) is 4.40. The van der Waals surface area contributed by atoms with Crippen LogP contribution in [0.1, 0.15) is 36.9 Å². The van der Waals surface area contributed by atoms with Crippen molar-refractivity contribution >= 4 is 29.1 Å². The summed E-state index contributed by atoms with van der Waals surface area (Å²) in [6, 6.07) is 11.6. The molecule has 1 aliphatic rings. The number of piperidine rings is 1. The van der Waals surface area contributed by atoms with Gasteiger partial charge < -0.3 is 5.32 Å². The Balaban J connectivity index is 1.51. The number of carbonyl (C=O) groups is 1. The van der Waals surface area contributed by atoms with Gasteiger partial charge in [0.25, 0.3) is 0 Å². The number of likely N-dealkylation sites (tertiary alicyclic amines) is 1. The molecule has 0 bridgehead atoms. The van der Waals surface area contributed by atoms with E-state index in [1.807, 2.05) is 25.1 Å². The third-order valence-electron chi connectivity index (χ3n) is 5.13. The Kier molecular flexibility index (Phi) is 6.74. The van der Waals surface area contributed by atoms with Crippen LogP contribution in [0.3, 0.4) is 0 Å². The normalized spacial score (nSPS) is 16.9. The summed E-state index contributed by atoms with van der Waals surface area (Å²) in [5.74, 6) is -0.226. The number of halogens is 3. The van der Waals surface area contributed by atoms with E-state index >= 15 is 0 Å². The molecule has 1 amide bonds. The molecule has 1 saturated heterocycles. The highest BCUT2D eigenvalue weighted by atomic mass is 35.5. The van der Waals surface area contributed by atoms with Crippen LogP contribution in [0.4, 0.5) is 4.39 Å². The molecule has 2 aromatic rings. The maximum absolute atomic E-state index is 13.0. The number of amides is 1. The largest absolute Gasteiger partial charge is 0.349 e. The number of rotatable bonds is 5. The number of nitrogens with zero attached hydrogens (tertiary/aromatic N) is 1. The van der Waals surface area contributed by atoms with Crippen LogP contribution < -0.4 is 5.32 Å². The zero-order valence-corrected chi connectivity index (χ0v) is 16.7. The predicted molar refractivity (Wildman–Crippen MR) is 107 cm³/mol. The zero-order valence-electron chi connectivity index (χ0n) is 15.2. The van der Waals surface area contributed by atoms with Gasteiger partial charge in [-0.1, -0.05) is 41.4 Å². The van der Waals surface area contributed by atoms with Crippen molar-refractivity contribution in [1.82, 2.24) is 10.2 Å². The second kappa shape index (κ2) is 9.05. The molecule has 0 unspecified atom stereocenters. The standard InChI is InChI=1S/C21H23Cl2FN2O/c1-14(15-5-7-17(24)8-6-15)25-21(27)16-9-11-26(12-10-16)13-18-19(22)3-2-4-20(18)23/h2-8,14,16H,9-13H2,1H3,(H,25,27)/t14-/m1/s1. The maximum atomic E-state index is 13.0. The molecule has 27 heavy (non-hydrogen) atoms. The second-order valence-electron chi connectivity index (χ2n) is 7.03. The topological polar surface area (TPSA) is 32.3 Å². The van der Waals surface area contributed by atoms with E-state index in [1.165, 1.54) is 12.1 Å². The van der Waals surface area contributed by atoms with E-state index in [4.69, 9.17) is 23.2 Å². The van der Waals surface area contributed by atoms with E-state index in [0.29, 0.717) is 16.6 Å². The molecule has 1 atom stereocenters. The third kappa shape index (κ3) is 5.22. The van der Waals surface area contributed by atoms with E-state index in [2.05, 4.69) is 10.2 Å². The fourth-order valence-corrected chi connectivity index (χ4v) is 3.94. The van der Waals surface area contributed by atoms with E-state index in [9.17, 15) is 9.18 Å². The minimum Gasteiger partial charge on any atom is -0.349 e.